The average Bonchev–Trinajstić information content (AvgIpc) is 2.90. The van der Waals surface area contributed by atoms with Crippen LogP contribution in [0.15, 0.2) is 12.2 Å². The number of amides is 2. The molecule has 0 aliphatic heterocycles. The minimum Gasteiger partial charge on any atom is -0.459 e. The first-order valence-corrected chi connectivity index (χ1v) is 23.5. The molecule has 274 valence electrons. The average molecular weight is 703 g/mol. The van der Waals surface area contributed by atoms with E-state index in [4.69, 9.17) is 27.8 Å². The lowest BCUT2D eigenvalue weighted by Gasteiger charge is -2.46. The number of ether oxygens (including phenoxy) is 4. The van der Waals surface area contributed by atoms with Gasteiger partial charge < -0.3 is 38.4 Å². The number of nitrogens with one attached hydrogen (secondary N) is 2. The zero-order chi connectivity index (χ0) is 35.9. The summed E-state index contributed by atoms with van der Waals surface area (Å²) in [6.45, 7) is 28.1. The smallest absolute Gasteiger partial charge is 0.407 e. The monoisotopic (exact) mass is 702 g/mol. The van der Waals surface area contributed by atoms with E-state index in [-0.39, 0.29) is 42.3 Å². The van der Waals surface area contributed by atoms with Crippen LogP contribution in [0.2, 0.25) is 38.3 Å². The minimum atomic E-state index is -1.96. The molecule has 2 N–H and O–H groups in total. The van der Waals surface area contributed by atoms with Crippen molar-refractivity contribution in [2.45, 2.75) is 137 Å². The van der Waals surface area contributed by atoms with Crippen molar-refractivity contribution in [3.63, 3.8) is 0 Å². The van der Waals surface area contributed by atoms with E-state index in [1.807, 2.05) is 13.8 Å². The topological polar surface area (TPSA) is 131 Å². The Morgan fingerprint density at radius 1 is 0.830 bits per heavy atom. The van der Waals surface area contributed by atoms with Gasteiger partial charge in [-0.1, -0.05) is 47.1 Å². The predicted octanol–water partition coefficient (Wildman–Crippen LogP) is 7.53. The fourth-order valence-corrected chi connectivity index (χ4v) is 12.0. The molecule has 2 unspecified atom stereocenters. The quantitative estimate of drug-likeness (QED) is 0.0311. The number of esters is 1. The Kier molecular flexibility index (Phi) is 17.7. The van der Waals surface area contributed by atoms with E-state index >= 15 is 0 Å². The first kappa shape index (κ1) is 43.1. The summed E-state index contributed by atoms with van der Waals surface area (Å²) in [5, 5.41) is 5.83. The third kappa shape index (κ3) is 19.6. The van der Waals surface area contributed by atoms with Crippen LogP contribution in [-0.4, -0.2) is 86.2 Å². The van der Waals surface area contributed by atoms with Crippen LogP contribution in [0.4, 0.5) is 9.59 Å². The third-order valence-corrected chi connectivity index (χ3v) is 13.2. The molecule has 1 aliphatic carbocycles. The van der Waals surface area contributed by atoms with Crippen molar-refractivity contribution in [2.24, 2.45) is 10.8 Å². The summed E-state index contributed by atoms with van der Waals surface area (Å²) in [5.74, 6) is -1.11. The largest absolute Gasteiger partial charge is 0.459 e. The molecule has 0 aromatic carbocycles. The summed E-state index contributed by atoms with van der Waals surface area (Å²) in [6, 6.07) is 1.99. The van der Waals surface area contributed by atoms with Gasteiger partial charge in [0.1, 0.15) is 25.6 Å². The lowest BCUT2D eigenvalue weighted by molar-refractivity contribution is -0.139. The molecule has 0 saturated heterocycles. The maximum atomic E-state index is 12.6. The van der Waals surface area contributed by atoms with Gasteiger partial charge in [0, 0.05) is 24.8 Å². The third-order valence-electron chi connectivity index (χ3n) is 8.03. The van der Waals surface area contributed by atoms with Crippen LogP contribution in [0.5, 0.6) is 0 Å². The molecular weight excluding hydrogens is 637 g/mol. The minimum absolute atomic E-state index is 0.0370. The molecule has 0 aromatic heterocycles. The fourth-order valence-electron chi connectivity index (χ4n) is 6.76. The summed E-state index contributed by atoms with van der Waals surface area (Å²) >= 11 is 0. The maximum absolute atomic E-state index is 12.6. The normalized spacial score (nSPS) is 19.9. The van der Waals surface area contributed by atoms with E-state index in [1.54, 1.807) is 6.92 Å². The molecule has 1 fully saturated rings. The molecule has 0 heterocycles. The fraction of sp³-hybridized carbons (Fsp3) is 0.853. The molecule has 1 rings (SSSR count). The van der Waals surface area contributed by atoms with Crippen LogP contribution in [-0.2, 0) is 32.6 Å². The van der Waals surface area contributed by atoms with Gasteiger partial charge >= 0.3 is 18.2 Å². The molecule has 0 bridgehead atoms. The Balaban J connectivity index is 2.36. The molecular formula is C34H66N2O9Si2. The second-order valence-corrected chi connectivity index (χ2v) is 24.3. The summed E-state index contributed by atoms with van der Waals surface area (Å²) in [7, 11) is -3.74. The molecule has 2 amide bonds. The van der Waals surface area contributed by atoms with Crippen molar-refractivity contribution in [3.05, 3.63) is 12.2 Å². The number of unbranched alkanes of at least 4 members (excludes halogenated alkanes) is 1. The van der Waals surface area contributed by atoms with Crippen LogP contribution >= 0.6 is 0 Å². The van der Waals surface area contributed by atoms with E-state index < -0.39 is 40.6 Å². The van der Waals surface area contributed by atoms with Gasteiger partial charge in [0.05, 0.1) is 6.61 Å². The molecule has 47 heavy (non-hydrogen) atoms. The Hall–Kier alpha value is -1.94. The summed E-state index contributed by atoms with van der Waals surface area (Å²) < 4.78 is 34.3. The van der Waals surface area contributed by atoms with E-state index in [1.165, 1.54) is 12.8 Å². The maximum Gasteiger partial charge on any atom is 0.407 e. The Morgan fingerprint density at radius 2 is 1.38 bits per heavy atom. The van der Waals surface area contributed by atoms with Crippen molar-refractivity contribution in [1.82, 2.24) is 10.6 Å². The van der Waals surface area contributed by atoms with Gasteiger partial charge in [0.2, 0.25) is 0 Å². The second-order valence-electron chi connectivity index (χ2n) is 15.9. The van der Waals surface area contributed by atoms with Crippen molar-refractivity contribution < 1.29 is 42.2 Å². The molecule has 0 aromatic rings. The first-order valence-electron chi connectivity index (χ1n) is 17.2. The zero-order valence-electron chi connectivity index (χ0n) is 31.4. The zero-order valence-corrected chi connectivity index (χ0v) is 33.4. The highest BCUT2D eigenvalue weighted by Gasteiger charge is 2.42. The number of carbonyl (C=O) groups is 3. The van der Waals surface area contributed by atoms with Gasteiger partial charge in [-0.05, 0) is 95.6 Å². The Bertz CT molecular complexity index is 1020. The molecule has 0 radical (unpaired) electrons. The molecule has 11 nitrogen and oxygen atoms in total. The lowest BCUT2D eigenvalue weighted by atomic mass is 9.62. The van der Waals surface area contributed by atoms with Gasteiger partial charge in [0.25, 0.3) is 0 Å². The van der Waals surface area contributed by atoms with Crippen molar-refractivity contribution in [3.8, 4) is 0 Å². The van der Waals surface area contributed by atoms with Crippen LogP contribution in [0.1, 0.15) is 87.0 Å². The van der Waals surface area contributed by atoms with Gasteiger partial charge in [0.15, 0.2) is 16.6 Å². The van der Waals surface area contributed by atoms with Crippen LogP contribution in [0.25, 0.3) is 0 Å². The lowest BCUT2D eigenvalue weighted by Crippen LogP contribution is -2.50. The summed E-state index contributed by atoms with van der Waals surface area (Å²) in [4.78, 5) is 36.3. The van der Waals surface area contributed by atoms with Gasteiger partial charge in [-0.25, -0.2) is 14.4 Å². The molecule has 1 saturated carbocycles. The predicted molar refractivity (Wildman–Crippen MR) is 190 cm³/mol. The Morgan fingerprint density at radius 3 is 1.98 bits per heavy atom. The first-order chi connectivity index (χ1) is 21.6. The van der Waals surface area contributed by atoms with Crippen LogP contribution < -0.4 is 10.6 Å². The van der Waals surface area contributed by atoms with Crippen LogP contribution in [0.3, 0.4) is 0 Å². The van der Waals surface area contributed by atoms with Gasteiger partial charge in [-0.3, -0.25) is 0 Å². The summed E-state index contributed by atoms with van der Waals surface area (Å²) in [5.41, 5.74) is -0.0234. The number of hydrogen-bond acceptors (Lipinski definition) is 9. The number of alkyl carbamates (subject to hydrolysis) is 2. The van der Waals surface area contributed by atoms with Crippen molar-refractivity contribution in [2.75, 3.05) is 39.6 Å². The van der Waals surface area contributed by atoms with Gasteiger partial charge in [-0.15, -0.1) is 0 Å². The van der Waals surface area contributed by atoms with E-state index in [0.29, 0.717) is 26.2 Å². The van der Waals surface area contributed by atoms with Crippen LogP contribution in [0, 0.1) is 10.8 Å². The highest BCUT2D eigenvalue weighted by molar-refractivity contribution is 6.72. The van der Waals surface area contributed by atoms with Gasteiger partial charge in [-0.2, -0.15) is 0 Å². The number of carbonyl (C=O) groups excluding carboxylic acids is 3. The van der Waals surface area contributed by atoms with E-state index in [2.05, 4.69) is 71.1 Å². The molecule has 0 spiro atoms. The van der Waals surface area contributed by atoms with E-state index in [0.717, 1.165) is 31.4 Å². The summed E-state index contributed by atoms with van der Waals surface area (Å²) in [6.07, 6.45) is 4.54. The van der Waals surface area contributed by atoms with E-state index in [9.17, 15) is 14.4 Å². The number of rotatable bonds is 21. The number of hydrogen-bond donors (Lipinski definition) is 2. The SMILES string of the molecule is C=C(C)C(=O)OCCOC(=O)NCC1(C)CC(NC(=O)OCCOCCC[Si](C)(C)OC(C)(C)O[Si](C)(C)CCCC)CC(C)(C)C1. The highest BCUT2D eigenvalue weighted by Crippen LogP contribution is 2.45. The molecule has 13 heteroatoms. The van der Waals surface area contributed by atoms with Crippen molar-refractivity contribution >= 4 is 34.8 Å². The Labute approximate surface area is 286 Å². The highest BCUT2D eigenvalue weighted by atomic mass is 28.4. The second kappa shape index (κ2) is 19.3. The van der Waals surface area contributed by atoms with Crippen molar-refractivity contribution in [1.29, 1.82) is 0 Å². The molecule has 2 atom stereocenters. The standard InChI is InChI=1S/C34H66N2O9Si2/c1-13-14-21-46(9,10)44-33(6,7)45-47(11,12)22-15-16-40-17-18-43-31(39)36-28-23-32(4,5)25-34(8,24-28)26-35-30(38)42-20-19-41-29(37)27(2)3/h28H,2,13-26H2,1,3-12H3,(H,35,38)(H,36,39). The molecule has 1 aliphatic rings.